The van der Waals surface area contributed by atoms with Gasteiger partial charge in [-0.2, -0.15) is 13.2 Å². The molecule has 2 unspecified atom stereocenters. The van der Waals surface area contributed by atoms with Crippen molar-refractivity contribution in [1.29, 1.82) is 0 Å². The van der Waals surface area contributed by atoms with Crippen LogP contribution in [0.15, 0.2) is 66.7 Å². The molecular weight excluding hydrogens is 485 g/mol. The number of aliphatic carboxylic acids is 1. The van der Waals surface area contributed by atoms with Crippen LogP contribution in [0.1, 0.15) is 44.7 Å². The smallest absolute Gasteiger partial charge is 0.416 e. The van der Waals surface area contributed by atoms with Gasteiger partial charge in [-0.3, -0.25) is 9.59 Å². The van der Waals surface area contributed by atoms with E-state index in [1.165, 1.54) is 36.4 Å². The van der Waals surface area contributed by atoms with Crippen molar-refractivity contribution < 1.29 is 32.7 Å². The summed E-state index contributed by atoms with van der Waals surface area (Å²) in [6.07, 6.45) is -4.63. The molecule has 0 aliphatic carbocycles. The molecule has 0 radical (unpaired) electrons. The second kappa shape index (κ2) is 9.07. The highest BCUT2D eigenvalue weighted by Gasteiger charge is 2.44. The molecule has 3 aromatic rings. The summed E-state index contributed by atoms with van der Waals surface area (Å²) in [5, 5.41) is 13.2. The first-order valence-electron chi connectivity index (χ1n) is 10.4. The minimum Gasteiger partial charge on any atom is -0.479 e. The number of rotatable bonds is 4. The maximum atomic E-state index is 13.8. The number of nitrogens with zero attached hydrogens (tertiary/aromatic N) is 1. The van der Waals surface area contributed by atoms with E-state index in [-0.39, 0.29) is 22.4 Å². The molecule has 6 nitrogen and oxygen atoms in total. The van der Waals surface area contributed by atoms with Gasteiger partial charge in [0, 0.05) is 5.02 Å². The van der Waals surface area contributed by atoms with Crippen LogP contribution < -0.4 is 5.32 Å². The molecule has 2 atom stereocenters. The molecule has 10 heteroatoms. The van der Waals surface area contributed by atoms with Gasteiger partial charge in [-0.1, -0.05) is 47.5 Å². The first-order valence-corrected chi connectivity index (χ1v) is 10.7. The third-order valence-electron chi connectivity index (χ3n) is 5.68. The Kier molecular flexibility index (Phi) is 6.29. The summed E-state index contributed by atoms with van der Waals surface area (Å²) in [5.41, 5.74) is 0.166. The number of anilines is 1. The Hall–Kier alpha value is -3.85. The number of carboxylic acid groups (broad SMARTS) is 1. The molecule has 0 saturated heterocycles. The zero-order chi connectivity index (χ0) is 25.5. The van der Waals surface area contributed by atoms with E-state index in [1.54, 1.807) is 13.0 Å². The summed E-state index contributed by atoms with van der Waals surface area (Å²) in [7, 11) is 0. The van der Waals surface area contributed by atoms with Gasteiger partial charge in [0.25, 0.3) is 11.8 Å². The van der Waals surface area contributed by atoms with E-state index in [0.29, 0.717) is 10.6 Å². The topological polar surface area (TPSA) is 86.7 Å². The lowest BCUT2D eigenvalue weighted by Gasteiger charge is -2.34. The summed E-state index contributed by atoms with van der Waals surface area (Å²) in [6, 6.07) is 11.0. The Bertz CT molecular complexity index is 1310. The van der Waals surface area contributed by atoms with Crippen LogP contribution in [0.2, 0.25) is 5.02 Å². The van der Waals surface area contributed by atoms with Crippen molar-refractivity contribution in [3.05, 3.63) is 99.6 Å². The Labute approximate surface area is 202 Å². The van der Waals surface area contributed by atoms with Crippen LogP contribution in [0.25, 0.3) is 0 Å². The van der Waals surface area contributed by atoms with Gasteiger partial charge in [0.15, 0.2) is 6.04 Å². The fraction of sp³-hybridized carbons (Fsp3) is 0.160. The third-order valence-corrected chi connectivity index (χ3v) is 5.93. The van der Waals surface area contributed by atoms with E-state index in [2.05, 4.69) is 5.32 Å². The summed E-state index contributed by atoms with van der Waals surface area (Å²) in [5.74, 6) is -2.96. The maximum Gasteiger partial charge on any atom is 0.416 e. The normalized spacial score (nSPS) is 16.8. The number of amides is 2. The summed E-state index contributed by atoms with van der Waals surface area (Å²) in [4.78, 5) is 40.5. The molecule has 4 rings (SSSR count). The SMILES string of the molecule is Cc1ccc2c(c1)C(=O)N(C(C(=O)O)c1ccc(C(F)(F)F)cc1)C(c1ccc(Cl)cc1)C(=O)N2. The number of nitrogens with one attached hydrogen (secondary N) is 1. The number of fused-ring (bicyclic) bond motifs is 1. The van der Waals surface area contributed by atoms with Crippen molar-refractivity contribution in [3.63, 3.8) is 0 Å². The number of benzene rings is 3. The minimum atomic E-state index is -4.63. The van der Waals surface area contributed by atoms with Gasteiger partial charge < -0.3 is 15.3 Å². The number of carbonyl (C=O) groups excluding carboxylic acids is 2. The van der Waals surface area contributed by atoms with E-state index in [4.69, 9.17) is 11.6 Å². The standard InChI is InChI=1S/C25H18ClF3N2O4/c1-13-2-11-19-18(12-13)23(33)31(20(22(32)30-19)14-5-9-17(26)10-6-14)21(24(34)35)15-3-7-16(8-4-15)25(27,28)29/h2-12,20-21H,1H3,(H,30,32)(H,34,35). The van der Waals surface area contributed by atoms with Crippen molar-refractivity contribution in [2.75, 3.05) is 5.32 Å². The first kappa shape index (κ1) is 24.3. The number of carbonyl (C=O) groups is 3. The lowest BCUT2D eigenvalue weighted by molar-refractivity contribution is -0.144. The van der Waals surface area contributed by atoms with Gasteiger partial charge in [-0.05, 0) is 54.4 Å². The minimum absolute atomic E-state index is 0.0629. The number of halogens is 4. The molecule has 0 saturated carbocycles. The first-order chi connectivity index (χ1) is 16.5. The van der Waals surface area contributed by atoms with Crippen LogP contribution in [0.4, 0.5) is 18.9 Å². The second-order valence-electron chi connectivity index (χ2n) is 8.07. The maximum absolute atomic E-state index is 13.8. The predicted molar refractivity (Wildman–Crippen MR) is 122 cm³/mol. The summed E-state index contributed by atoms with van der Waals surface area (Å²) < 4.78 is 39.2. The second-order valence-corrected chi connectivity index (χ2v) is 8.50. The van der Waals surface area contributed by atoms with Crippen molar-refractivity contribution >= 4 is 35.1 Å². The lowest BCUT2D eigenvalue weighted by Crippen LogP contribution is -2.44. The van der Waals surface area contributed by atoms with Gasteiger partial charge in [-0.15, -0.1) is 0 Å². The molecule has 2 amide bonds. The zero-order valence-electron chi connectivity index (χ0n) is 18.1. The fourth-order valence-corrected chi connectivity index (χ4v) is 4.15. The lowest BCUT2D eigenvalue weighted by atomic mass is 9.97. The number of hydrogen-bond acceptors (Lipinski definition) is 3. The molecule has 1 heterocycles. The quantitative estimate of drug-likeness (QED) is 0.484. The van der Waals surface area contributed by atoms with E-state index < -0.39 is 41.6 Å². The number of carboxylic acids is 1. The van der Waals surface area contributed by atoms with Crippen molar-refractivity contribution in [1.82, 2.24) is 4.90 Å². The van der Waals surface area contributed by atoms with Crippen LogP contribution in [0.5, 0.6) is 0 Å². The average molecular weight is 503 g/mol. The van der Waals surface area contributed by atoms with E-state index >= 15 is 0 Å². The van der Waals surface area contributed by atoms with Crippen LogP contribution in [-0.4, -0.2) is 27.8 Å². The molecule has 3 aromatic carbocycles. The Morgan fingerprint density at radius 2 is 1.66 bits per heavy atom. The number of hydrogen-bond donors (Lipinski definition) is 2. The van der Waals surface area contributed by atoms with E-state index in [1.807, 2.05) is 0 Å². The molecule has 1 aliphatic rings. The molecule has 0 spiro atoms. The Balaban J connectivity index is 1.92. The predicted octanol–water partition coefficient (Wildman–Crippen LogP) is 5.63. The van der Waals surface area contributed by atoms with E-state index in [0.717, 1.165) is 29.2 Å². The molecule has 2 N–H and O–H groups in total. The van der Waals surface area contributed by atoms with Crippen LogP contribution in [0.3, 0.4) is 0 Å². The van der Waals surface area contributed by atoms with Gasteiger partial charge in [-0.25, -0.2) is 4.79 Å². The number of alkyl halides is 3. The fourth-order valence-electron chi connectivity index (χ4n) is 4.03. The Morgan fingerprint density at radius 1 is 1.03 bits per heavy atom. The van der Waals surface area contributed by atoms with Crippen molar-refractivity contribution in [2.45, 2.75) is 25.2 Å². The molecule has 35 heavy (non-hydrogen) atoms. The monoisotopic (exact) mass is 502 g/mol. The molecular formula is C25H18ClF3N2O4. The number of aryl methyl sites for hydroxylation is 1. The largest absolute Gasteiger partial charge is 0.479 e. The summed E-state index contributed by atoms with van der Waals surface area (Å²) in [6.45, 7) is 1.73. The molecule has 1 aliphatic heterocycles. The van der Waals surface area contributed by atoms with Crippen molar-refractivity contribution in [3.8, 4) is 0 Å². The van der Waals surface area contributed by atoms with E-state index in [9.17, 15) is 32.7 Å². The van der Waals surface area contributed by atoms with Gasteiger partial charge in [0.05, 0.1) is 16.8 Å². The van der Waals surface area contributed by atoms with Gasteiger partial charge in [0.1, 0.15) is 6.04 Å². The van der Waals surface area contributed by atoms with Crippen LogP contribution in [0, 0.1) is 6.92 Å². The highest BCUT2D eigenvalue weighted by molar-refractivity contribution is 6.30. The highest BCUT2D eigenvalue weighted by atomic mass is 35.5. The average Bonchev–Trinajstić information content (AvgIpc) is 2.89. The Morgan fingerprint density at radius 3 is 2.23 bits per heavy atom. The summed E-state index contributed by atoms with van der Waals surface area (Å²) >= 11 is 5.97. The molecule has 0 bridgehead atoms. The molecule has 0 fully saturated rings. The molecule has 0 aromatic heterocycles. The third kappa shape index (κ3) is 4.72. The molecule has 180 valence electrons. The van der Waals surface area contributed by atoms with Crippen molar-refractivity contribution in [2.24, 2.45) is 0 Å². The zero-order valence-corrected chi connectivity index (χ0v) is 18.9. The van der Waals surface area contributed by atoms with Crippen LogP contribution >= 0.6 is 11.6 Å². The van der Waals surface area contributed by atoms with Gasteiger partial charge in [0.2, 0.25) is 0 Å². The van der Waals surface area contributed by atoms with Crippen LogP contribution in [-0.2, 0) is 15.8 Å². The van der Waals surface area contributed by atoms with Gasteiger partial charge >= 0.3 is 12.1 Å². The highest BCUT2D eigenvalue weighted by Crippen LogP contribution is 2.39.